The first kappa shape index (κ1) is 20.2. The van der Waals surface area contributed by atoms with Crippen LogP contribution in [-0.4, -0.2) is 47.5 Å². The summed E-state index contributed by atoms with van der Waals surface area (Å²) >= 11 is 1.77. The number of nitrogens with zero attached hydrogens (tertiary/aromatic N) is 5. The van der Waals surface area contributed by atoms with E-state index in [4.69, 9.17) is 4.98 Å². The van der Waals surface area contributed by atoms with Gasteiger partial charge in [-0.1, -0.05) is 24.3 Å². The highest BCUT2D eigenvalue weighted by Gasteiger charge is 2.31. The van der Waals surface area contributed by atoms with E-state index in [-0.39, 0.29) is 0 Å². The molecule has 0 N–H and O–H groups in total. The predicted octanol–water partition coefficient (Wildman–Crippen LogP) is 5.69. The summed E-state index contributed by atoms with van der Waals surface area (Å²) < 4.78 is 3.42. The van der Waals surface area contributed by atoms with Crippen LogP contribution >= 0.6 is 11.3 Å². The number of thiophene rings is 1. The number of fused-ring (bicyclic) bond motifs is 4. The highest BCUT2D eigenvalue weighted by Crippen LogP contribution is 2.47. The van der Waals surface area contributed by atoms with Gasteiger partial charge in [-0.15, -0.1) is 11.3 Å². The molecular formula is C27H25N5S. The molecule has 164 valence electrons. The van der Waals surface area contributed by atoms with E-state index in [1.807, 2.05) is 18.2 Å². The maximum absolute atomic E-state index is 10.2. The molecule has 0 unspecified atom stereocenters. The molecule has 0 aliphatic carbocycles. The number of rotatable bonds is 3. The summed E-state index contributed by atoms with van der Waals surface area (Å²) in [7, 11) is 4.32. The lowest BCUT2D eigenvalue weighted by Crippen LogP contribution is -2.31. The van der Waals surface area contributed by atoms with Crippen LogP contribution in [0.3, 0.4) is 0 Å². The second kappa shape index (κ2) is 7.58. The average molecular weight is 452 g/mol. The van der Waals surface area contributed by atoms with Crippen molar-refractivity contribution in [1.82, 2.24) is 14.3 Å². The molecule has 1 saturated heterocycles. The van der Waals surface area contributed by atoms with E-state index in [0.717, 1.165) is 41.8 Å². The van der Waals surface area contributed by atoms with Crippen LogP contribution in [0.5, 0.6) is 0 Å². The van der Waals surface area contributed by atoms with Crippen molar-refractivity contribution >= 4 is 43.8 Å². The molecule has 33 heavy (non-hydrogen) atoms. The predicted molar refractivity (Wildman–Crippen MR) is 137 cm³/mol. The topological polar surface area (TPSA) is 47.6 Å². The second-order valence-corrected chi connectivity index (χ2v) is 9.98. The van der Waals surface area contributed by atoms with Crippen molar-refractivity contribution in [3.8, 4) is 17.2 Å². The van der Waals surface area contributed by atoms with Crippen molar-refractivity contribution in [1.29, 1.82) is 5.26 Å². The van der Waals surface area contributed by atoms with Gasteiger partial charge in [0.05, 0.1) is 16.8 Å². The number of hydrogen-bond donors (Lipinski definition) is 0. The molecule has 0 amide bonds. The van der Waals surface area contributed by atoms with Crippen molar-refractivity contribution in [3.63, 3.8) is 0 Å². The third-order valence-electron chi connectivity index (χ3n) is 7.05. The molecule has 6 heteroatoms. The van der Waals surface area contributed by atoms with Gasteiger partial charge in [0, 0.05) is 46.5 Å². The SMILES string of the molecule is Cc1c(-c2csc3ccccc23)c(N2CC[C@H](N(C)C)C2)c2c(nc3ccccn32)c1C#N. The van der Waals surface area contributed by atoms with E-state index in [9.17, 15) is 5.26 Å². The highest BCUT2D eigenvalue weighted by atomic mass is 32.1. The van der Waals surface area contributed by atoms with Crippen LogP contribution in [-0.2, 0) is 0 Å². The molecule has 1 atom stereocenters. The van der Waals surface area contributed by atoms with Gasteiger partial charge in [-0.05, 0) is 56.6 Å². The molecule has 6 rings (SSSR count). The number of anilines is 1. The van der Waals surface area contributed by atoms with Gasteiger partial charge < -0.3 is 9.80 Å². The molecule has 1 aliphatic rings. The summed E-state index contributed by atoms with van der Waals surface area (Å²) in [5, 5.41) is 13.7. The fraction of sp³-hybridized carbons (Fsp3) is 0.259. The quantitative estimate of drug-likeness (QED) is 0.354. The van der Waals surface area contributed by atoms with E-state index < -0.39 is 0 Å². The van der Waals surface area contributed by atoms with Gasteiger partial charge in [-0.3, -0.25) is 4.40 Å². The number of hydrogen-bond acceptors (Lipinski definition) is 5. The second-order valence-electron chi connectivity index (χ2n) is 9.07. The van der Waals surface area contributed by atoms with Crippen LogP contribution in [0.15, 0.2) is 54.0 Å². The minimum absolute atomic E-state index is 0.502. The van der Waals surface area contributed by atoms with Crippen molar-refractivity contribution in [2.24, 2.45) is 0 Å². The maximum atomic E-state index is 10.2. The molecule has 0 spiro atoms. The first-order chi connectivity index (χ1) is 16.1. The Labute approximate surface area is 197 Å². The molecule has 3 aromatic heterocycles. The highest BCUT2D eigenvalue weighted by molar-refractivity contribution is 7.17. The van der Waals surface area contributed by atoms with Gasteiger partial charge in [0.25, 0.3) is 0 Å². The number of benzene rings is 2. The lowest BCUT2D eigenvalue weighted by atomic mass is 9.92. The third-order valence-corrected chi connectivity index (χ3v) is 8.01. The zero-order chi connectivity index (χ0) is 22.7. The zero-order valence-corrected chi connectivity index (χ0v) is 19.9. The van der Waals surface area contributed by atoms with Gasteiger partial charge in [-0.2, -0.15) is 5.26 Å². The lowest BCUT2D eigenvalue weighted by Gasteiger charge is -2.26. The number of likely N-dealkylation sites (N-methyl/N-ethyl adjacent to an activating group) is 1. The number of imidazole rings is 1. The molecule has 0 saturated carbocycles. The van der Waals surface area contributed by atoms with Crippen molar-refractivity contribution in [3.05, 3.63) is 65.2 Å². The van der Waals surface area contributed by atoms with Gasteiger partial charge in [0.2, 0.25) is 0 Å². The Hall–Kier alpha value is -3.40. The minimum atomic E-state index is 0.502. The summed E-state index contributed by atoms with van der Waals surface area (Å²) in [6.07, 6.45) is 3.19. The smallest absolute Gasteiger partial charge is 0.138 e. The van der Waals surface area contributed by atoms with Crippen LogP contribution in [0.4, 0.5) is 5.69 Å². The van der Waals surface area contributed by atoms with E-state index in [0.29, 0.717) is 11.6 Å². The minimum Gasteiger partial charge on any atom is -0.368 e. The van der Waals surface area contributed by atoms with Crippen LogP contribution in [0.25, 0.3) is 37.9 Å². The lowest BCUT2D eigenvalue weighted by molar-refractivity contribution is 0.315. The van der Waals surface area contributed by atoms with Gasteiger partial charge in [0.15, 0.2) is 0 Å². The Morgan fingerprint density at radius 1 is 1.15 bits per heavy atom. The first-order valence-electron chi connectivity index (χ1n) is 11.3. The molecule has 5 aromatic rings. The maximum Gasteiger partial charge on any atom is 0.138 e. The summed E-state index contributed by atoms with van der Waals surface area (Å²) in [4.78, 5) is 9.76. The third kappa shape index (κ3) is 2.97. The van der Waals surface area contributed by atoms with E-state index in [2.05, 4.69) is 77.1 Å². The summed E-state index contributed by atoms with van der Waals surface area (Å²) in [5.74, 6) is 0. The largest absolute Gasteiger partial charge is 0.368 e. The molecule has 0 bridgehead atoms. The van der Waals surface area contributed by atoms with E-state index in [1.54, 1.807) is 11.3 Å². The fourth-order valence-electron chi connectivity index (χ4n) is 5.31. The van der Waals surface area contributed by atoms with Crippen LogP contribution in [0.1, 0.15) is 17.5 Å². The molecule has 5 nitrogen and oxygen atoms in total. The Morgan fingerprint density at radius 2 is 1.97 bits per heavy atom. The zero-order valence-electron chi connectivity index (χ0n) is 19.0. The first-order valence-corrected chi connectivity index (χ1v) is 12.2. The number of nitriles is 1. The Balaban J connectivity index is 1.76. The normalized spacial score (nSPS) is 16.5. The monoisotopic (exact) mass is 451 g/mol. The van der Waals surface area contributed by atoms with Crippen LogP contribution in [0.2, 0.25) is 0 Å². The molecule has 1 fully saturated rings. The summed E-state index contributed by atoms with van der Waals surface area (Å²) in [6.45, 7) is 4.04. The Bertz CT molecular complexity index is 1570. The van der Waals surface area contributed by atoms with Crippen LogP contribution < -0.4 is 4.90 Å². The summed E-state index contributed by atoms with van der Waals surface area (Å²) in [5.41, 5.74) is 7.98. The fourth-order valence-corrected chi connectivity index (χ4v) is 6.26. The van der Waals surface area contributed by atoms with Crippen molar-refractivity contribution in [2.45, 2.75) is 19.4 Å². The number of pyridine rings is 1. The van der Waals surface area contributed by atoms with Crippen molar-refractivity contribution in [2.75, 3.05) is 32.1 Å². The summed E-state index contributed by atoms with van der Waals surface area (Å²) in [6, 6.07) is 17.6. The standard InChI is InChI=1S/C27H25N5S/c1-17-20(14-28)25-27(32-12-7-6-10-23(32)29-25)26(31-13-11-18(15-31)30(2)3)24(17)21-16-33-22-9-5-4-8-19(21)22/h4-10,12,16,18H,11,13,15H2,1-3H3/t18-/m0/s1. The molecule has 4 heterocycles. The molecule has 0 radical (unpaired) electrons. The van der Waals surface area contributed by atoms with Crippen LogP contribution in [0, 0.1) is 18.3 Å². The average Bonchev–Trinajstić information content (AvgIpc) is 3.55. The Kier molecular flexibility index (Phi) is 4.65. The molecule has 2 aromatic carbocycles. The van der Waals surface area contributed by atoms with Gasteiger partial charge >= 0.3 is 0 Å². The molecular weight excluding hydrogens is 426 g/mol. The van der Waals surface area contributed by atoms with Gasteiger partial charge in [0.1, 0.15) is 17.2 Å². The van der Waals surface area contributed by atoms with E-state index >= 15 is 0 Å². The Morgan fingerprint density at radius 3 is 2.76 bits per heavy atom. The number of aromatic nitrogens is 2. The van der Waals surface area contributed by atoms with E-state index in [1.165, 1.54) is 26.9 Å². The van der Waals surface area contributed by atoms with Gasteiger partial charge in [-0.25, -0.2) is 4.98 Å². The molecule has 1 aliphatic heterocycles. The van der Waals surface area contributed by atoms with Crippen molar-refractivity contribution < 1.29 is 0 Å².